The summed E-state index contributed by atoms with van der Waals surface area (Å²) in [5.74, 6) is -1.63. The van der Waals surface area contributed by atoms with Gasteiger partial charge in [-0.1, -0.05) is 68.2 Å². The number of hydrogen-bond donors (Lipinski definition) is 6. The van der Waals surface area contributed by atoms with Crippen LogP contribution in [0, 0.1) is 17.8 Å². The molecule has 1 aromatic rings. The lowest BCUT2D eigenvalue weighted by Crippen LogP contribution is -2.58. The maximum atomic E-state index is 13.6. The van der Waals surface area contributed by atoms with E-state index < -0.39 is 30.1 Å². The molecule has 46 heavy (non-hydrogen) atoms. The summed E-state index contributed by atoms with van der Waals surface area (Å²) in [4.78, 5) is 69.6. The predicted octanol–water partition coefficient (Wildman–Crippen LogP) is 2.69. The van der Waals surface area contributed by atoms with E-state index in [1.807, 2.05) is 48.5 Å². The van der Waals surface area contributed by atoms with Crippen LogP contribution in [0.3, 0.4) is 0 Å². The van der Waals surface area contributed by atoms with Gasteiger partial charge in [-0.15, -0.1) is 0 Å². The number of carbonyl (C=O) groups excluding carboxylic acids is 5. The summed E-state index contributed by atoms with van der Waals surface area (Å²) in [6.07, 6.45) is 5.89. The van der Waals surface area contributed by atoms with Crippen LogP contribution in [0.15, 0.2) is 24.5 Å². The Bertz CT molecular complexity index is 1100. The van der Waals surface area contributed by atoms with Gasteiger partial charge in [0.2, 0.25) is 23.6 Å². The number of amides is 5. The Labute approximate surface area is 275 Å². The minimum absolute atomic E-state index is 0.0874. The van der Waals surface area contributed by atoms with E-state index in [1.54, 1.807) is 12.1 Å². The summed E-state index contributed by atoms with van der Waals surface area (Å²) in [5, 5.41) is 17.8. The molecule has 1 rings (SSSR count). The molecule has 0 aliphatic carbocycles. The Kier molecular flexibility index (Phi) is 18.7. The van der Waals surface area contributed by atoms with Gasteiger partial charge in [0.1, 0.15) is 18.1 Å². The molecule has 0 saturated carbocycles. The zero-order chi connectivity index (χ0) is 34.8. The molecule has 0 saturated heterocycles. The van der Waals surface area contributed by atoms with Crippen LogP contribution < -0.4 is 31.9 Å². The first-order valence-electron chi connectivity index (χ1n) is 16.9. The number of nitrogens with one attached hydrogen (secondary N) is 6. The second-order valence-electron chi connectivity index (χ2n) is 12.8. The fraction of sp³-hybridized carbons (Fsp3) is 0.706. The summed E-state index contributed by atoms with van der Waals surface area (Å²) >= 11 is 0. The lowest BCUT2D eigenvalue weighted by molar-refractivity contribution is -0.131. The van der Waals surface area contributed by atoms with Crippen molar-refractivity contribution < 1.29 is 24.0 Å². The van der Waals surface area contributed by atoms with Crippen molar-refractivity contribution in [2.75, 3.05) is 13.1 Å². The maximum absolute atomic E-state index is 13.6. The van der Waals surface area contributed by atoms with Crippen LogP contribution in [-0.2, 0) is 19.2 Å². The van der Waals surface area contributed by atoms with Gasteiger partial charge >= 0.3 is 0 Å². The lowest BCUT2D eigenvalue weighted by Gasteiger charge is -2.29. The Morgan fingerprint density at radius 3 is 1.87 bits per heavy atom. The summed E-state index contributed by atoms with van der Waals surface area (Å²) in [5.41, 5.74) is 0.394. The van der Waals surface area contributed by atoms with E-state index in [2.05, 4.69) is 50.7 Å². The molecule has 6 N–H and O–H groups in total. The lowest BCUT2D eigenvalue weighted by atomic mass is 9.97. The monoisotopic (exact) mass is 645 g/mol. The van der Waals surface area contributed by atoms with Gasteiger partial charge in [-0.05, 0) is 56.1 Å². The minimum atomic E-state index is -0.830. The second-order valence-corrected chi connectivity index (χ2v) is 12.8. The van der Waals surface area contributed by atoms with E-state index in [0.29, 0.717) is 50.8 Å². The molecule has 6 atom stereocenters. The number of carbonyl (C=O) groups is 5. The molecule has 12 heteroatoms. The van der Waals surface area contributed by atoms with Crippen molar-refractivity contribution in [3.63, 3.8) is 0 Å². The molecular formula is C34H59N7O5. The summed E-state index contributed by atoms with van der Waals surface area (Å²) in [6.45, 7) is 18.2. The molecule has 0 aliphatic heterocycles. The van der Waals surface area contributed by atoms with E-state index in [1.165, 1.54) is 12.4 Å². The van der Waals surface area contributed by atoms with Gasteiger partial charge in [-0.3, -0.25) is 29.0 Å². The van der Waals surface area contributed by atoms with Crippen molar-refractivity contribution in [2.45, 2.75) is 125 Å². The molecule has 0 fully saturated rings. The van der Waals surface area contributed by atoms with Crippen LogP contribution in [0.25, 0.3) is 0 Å². The van der Waals surface area contributed by atoms with Crippen molar-refractivity contribution in [1.82, 2.24) is 36.9 Å². The normalized spacial score (nSPS) is 15.2. The van der Waals surface area contributed by atoms with Crippen LogP contribution in [0.4, 0.5) is 0 Å². The SMILES string of the molecule is CCC[C@H](NC(=O)[C@@H](NC(=O)c1ccncc1)[C@@H](C)CC)C(=O)NC(CN[C@@H](CC)C(=O)NC(C(=O)NCC)C(C)C)CC(C)C. The third-order valence-electron chi connectivity index (χ3n) is 7.97. The third kappa shape index (κ3) is 13.8. The molecule has 0 aromatic carbocycles. The third-order valence-corrected chi connectivity index (χ3v) is 7.97. The average molecular weight is 646 g/mol. The number of aromatic nitrogens is 1. The Balaban J connectivity index is 3.01. The first-order chi connectivity index (χ1) is 21.8. The van der Waals surface area contributed by atoms with Crippen molar-refractivity contribution in [2.24, 2.45) is 17.8 Å². The smallest absolute Gasteiger partial charge is 0.252 e. The van der Waals surface area contributed by atoms with Crippen molar-refractivity contribution in [3.05, 3.63) is 30.1 Å². The van der Waals surface area contributed by atoms with Gasteiger partial charge in [0.05, 0.1) is 6.04 Å². The summed E-state index contributed by atoms with van der Waals surface area (Å²) in [6, 6.07) is 0.00214. The van der Waals surface area contributed by atoms with Gasteiger partial charge in [0, 0.05) is 37.1 Å². The number of likely N-dealkylation sites (N-methyl/N-ethyl adjacent to an activating group) is 1. The second kappa shape index (κ2) is 21.3. The standard InChI is InChI=1S/C34H59N7O5/c1-10-14-27(39-34(46)29(23(9)11-2)41-30(42)24-15-17-35-18-16-24)32(44)38-25(19-21(5)6)20-37-26(12-3)31(43)40-28(22(7)8)33(45)36-13-4/h15-18,21-23,25-29,37H,10-14,19-20H2,1-9H3,(H,36,45)(H,38,44)(H,39,46)(H,40,43)(H,41,42)/t23-,25?,26-,27-,28?,29-/m0/s1. The highest BCUT2D eigenvalue weighted by atomic mass is 16.2. The van der Waals surface area contributed by atoms with Crippen LogP contribution in [0.5, 0.6) is 0 Å². The van der Waals surface area contributed by atoms with Gasteiger partial charge < -0.3 is 31.9 Å². The first kappa shape index (κ1) is 40.5. The Hall–Kier alpha value is -3.54. The molecule has 5 amide bonds. The van der Waals surface area contributed by atoms with Crippen LogP contribution in [0.2, 0.25) is 0 Å². The van der Waals surface area contributed by atoms with Gasteiger partial charge in [-0.25, -0.2) is 0 Å². The molecule has 1 aromatic heterocycles. The number of rotatable bonds is 21. The highest BCUT2D eigenvalue weighted by Gasteiger charge is 2.31. The van der Waals surface area contributed by atoms with E-state index in [0.717, 1.165) is 0 Å². The molecule has 1 heterocycles. The fourth-order valence-corrected chi connectivity index (χ4v) is 5.09. The largest absolute Gasteiger partial charge is 0.355 e. The quantitative estimate of drug-likeness (QED) is 0.119. The molecule has 0 spiro atoms. The molecule has 260 valence electrons. The van der Waals surface area contributed by atoms with Gasteiger partial charge in [0.15, 0.2) is 0 Å². The van der Waals surface area contributed by atoms with Gasteiger partial charge in [-0.2, -0.15) is 0 Å². The van der Waals surface area contributed by atoms with Crippen LogP contribution in [-0.4, -0.2) is 77.8 Å². The maximum Gasteiger partial charge on any atom is 0.252 e. The number of pyridine rings is 1. The topological polar surface area (TPSA) is 170 Å². The number of nitrogens with zero attached hydrogens (tertiary/aromatic N) is 1. The zero-order valence-corrected chi connectivity index (χ0v) is 29.4. The minimum Gasteiger partial charge on any atom is -0.355 e. The van der Waals surface area contributed by atoms with E-state index >= 15 is 0 Å². The fourth-order valence-electron chi connectivity index (χ4n) is 5.09. The summed E-state index contributed by atoms with van der Waals surface area (Å²) < 4.78 is 0. The molecule has 0 bridgehead atoms. The van der Waals surface area contributed by atoms with E-state index in [4.69, 9.17) is 0 Å². The van der Waals surface area contributed by atoms with E-state index in [9.17, 15) is 24.0 Å². The van der Waals surface area contributed by atoms with Crippen molar-refractivity contribution in [1.29, 1.82) is 0 Å². The molecule has 2 unspecified atom stereocenters. The molecule has 12 nitrogen and oxygen atoms in total. The average Bonchev–Trinajstić information content (AvgIpc) is 3.01. The Morgan fingerprint density at radius 2 is 1.35 bits per heavy atom. The highest BCUT2D eigenvalue weighted by molar-refractivity contribution is 5.98. The Morgan fingerprint density at radius 1 is 0.717 bits per heavy atom. The molecule has 0 aliphatic rings. The van der Waals surface area contributed by atoms with Gasteiger partial charge in [0.25, 0.3) is 5.91 Å². The van der Waals surface area contributed by atoms with E-state index in [-0.39, 0.29) is 47.4 Å². The number of hydrogen-bond acceptors (Lipinski definition) is 7. The molecule has 0 radical (unpaired) electrons. The van der Waals surface area contributed by atoms with Crippen molar-refractivity contribution >= 4 is 29.5 Å². The summed E-state index contributed by atoms with van der Waals surface area (Å²) in [7, 11) is 0. The highest BCUT2D eigenvalue weighted by Crippen LogP contribution is 2.12. The van der Waals surface area contributed by atoms with Crippen LogP contribution >= 0.6 is 0 Å². The molecular weight excluding hydrogens is 586 g/mol. The first-order valence-corrected chi connectivity index (χ1v) is 16.9. The van der Waals surface area contributed by atoms with Crippen LogP contribution in [0.1, 0.15) is 105 Å². The van der Waals surface area contributed by atoms with Crippen molar-refractivity contribution in [3.8, 4) is 0 Å². The predicted molar refractivity (Wildman–Crippen MR) is 181 cm³/mol. The zero-order valence-electron chi connectivity index (χ0n) is 29.4.